The van der Waals surface area contributed by atoms with Crippen LogP contribution in [-0.2, 0) is 0 Å². The molecule has 106 valence electrons. The highest BCUT2D eigenvalue weighted by molar-refractivity contribution is 7.13. The molecule has 0 spiro atoms. The molecule has 0 fully saturated rings. The fourth-order valence-electron chi connectivity index (χ4n) is 1.82. The number of carboxylic acid groups (broad SMARTS) is 1. The summed E-state index contributed by atoms with van der Waals surface area (Å²) in [6.07, 6.45) is -3.72. The first-order valence-corrected chi connectivity index (χ1v) is 6.68. The maximum Gasteiger partial charge on any atom is 0.405 e. The minimum absolute atomic E-state index is 0.223. The van der Waals surface area contributed by atoms with E-state index in [4.69, 9.17) is 5.11 Å². The van der Waals surface area contributed by atoms with E-state index in [2.05, 4.69) is 10.3 Å². The van der Waals surface area contributed by atoms with Crippen molar-refractivity contribution in [2.75, 3.05) is 0 Å². The summed E-state index contributed by atoms with van der Waals surface area (Å²) < 4.78 is 25.5. The number of carbonyl (C=O) groups is 1. The van der Waals surface area contributed by atoms with Gasteiger partial charge in [0.15, 0.2) is 0 Å². The van der Waals surface area contributed by atoms with Gasteiger partial charge in [-0.2, -0.15) is 0 Å². The van der Waals surface area contributed by atoms with Crippen molar-refractivity contribution in [3.8, 4) is 10.4 Å². The van der Waals surface area contributed by atoms with Crippen LogP contribution in [0.1, 0.15) is 30.6 Å². The van der Waals surface area contributed by atoms with Gasteiger partial charge in [0.1, 0.15) is 5.69 Å². The summed E-state index contributed by atoms with van der Waals surface area (Å²) in [5.41, 5.74) is 2.58. The zero-order valence-electron chi connectivity index (χ0n) is 10.5. The van der Waals surface area contributed by atoms with E-state index in [9.17, 15) is 13.6 Å². The van der Waals surface area contributed by atoms with Crippen molar-refractivity contribution in [1.82, 2.24) is 10.3 Å². The lowest BCUT2D eigenvalue weighted by atomic mass is 10.0. The third kappa shape index (κ3) is 3.11. The van der Waals surface area contributed by atoms with Gasteiger partial charge in [-0.3, -0.25) is 0 Å². The number of aromatic nitrogens is 1. The highest BCUT2D eigenvalue weighted by Crippen LogP contribution is 2.34. The lowest BCUT2D eigenvalue weighted by molar-refractivity contribution is 0.147. The molecular weight excluding hydrogens is 286 g/mol. The van der Waals surface area contributed by atoms with Crippen LogP contribution < -0.4 is 5.32 Å². The minimum Gasteiger partial charge on any atom is -0.465 e. The average Bonchev–Trinajstić information content (AvgIpc) is 2.87. The third-order valence-corrected chi connectivity index (χ3v) is 3.71. The number of hydrogen-bond acceptors (Lipinski definition) is 3. The van der Waals surface area contributed by atoms with Gasteiger partial charge < -0.3 is 10.4 Å². The number of alkyl halides is 2. The highest BCUT2D eigenvalue weighted by atomic mass is 32.1. The smallest absolute Gasteiger partial charge is 0.405 e. The second-order valence-corrected chi connectivity index (χ2v) is 5.02. The van der Waals surface area contributed by atoms with Crippen molar-refractivity contribution in [2.45, 2.75) is 19.4 Å². The first kappa shape index (κ1) is 14.4. The first-order valence-electron chi connectivity index (χ1n) is 5.80. The van der Waals surface area contributed by atoms with Crippen LogP contribution >= 0.6 is 11.3 Å². The van der Waals surface area contributed by atoms with E-state index in [0.29, 0.717) is 10.4 Å². The Labute approximate surface area is 118 Å². The molecule has 0 bridgehead atoms. The van der Waals surface area contributed by atoms with Gasteiger partial charge in [-0.05, 0) is 18.1 Å². The Morgan fingerprint density at radius 1 is 1.35 bits per heavy atom. The van der Waals surface area contributed by atoms with E-state index in [-0.39, 0.29) is 11.7 Å². The largest absolute Gasteiger partial charge is 0.465 e. The Morgan fingerprint density at radius 2 is 2.00 bits per heavy atom. The van der Waals surface area contributed by atoms with Crippen LogP contribution in [0.25, 0.3) is 10.4 Å². The molecule has 1 aromatic heterocycles. The number of nitrogens with one attached hydrogen (secondary N) is 1. The molecule has 1 atom stereocenters. The van der Waals surface area contributed by atoms with Crippen molar-refractivity contribution in [2.24, 2.45) is 0 Å². The molecule has 4 nitrogen and oxygen atoms in total. The SMILES string of the molecule is C[C@H](NC(=O)O)c1ccc(-c2scnc2C(F)F)cc1. The predicted molar refractivity (Wildman–Crippen MR) is 72.1 cm³/mol. The molecule has 2 aromatic rings. The normalized spacial score (nSPS) is 12.4. The summed E-state index contributed by atoms with van der Waals surface area (Å²) in [5.74, 6) is 0. The maximum atomic E-state index is 12.8. The van der Waals surface area contributed by atoms with E-state index in [1.807, 2.05) is 0 Å². The van der Waals surface area contributed by atoms with Crippen LogP contribution in [0.5, 0.6) is 0 Å². The topological polar surface area (TPSA) is 62.2 Å². The zero-order valence-corrected chi connectivity index (χ0v) is 11.3. The van der Waals surface area contributed by atoms with Gasteiger partial charge in [0, 0.05) is 0 Å². The van der Waals surface area contributed by atoms with Crippen LogP contribution in [0, 0.1) is 0 Å². The Kier molecular flexibility index (Phi) is 4.29. The number of amides is 1. The molecule has 1 heterocycles. The molecule has 0 aliphatic heterocycles. The Bertz CT molecular complexity index is 599. The average molecular weight is 298 g/mol. The van der Waals surface area contributed by atoms with E-state index in [1.165, 1.54) is 5.51 Å². The summed E-state index contributed by atoms with van der Waals surface area (Å²) in [5, 5.41) is 11.0. The molecule has 20 heavy (non-hydrogen) atoms. The second-order valence-electron chi connectivity index (χ2n) is 4.16. The van der Waals surface area contributed by atoms with Gasteiger partial charge in [-0.25, -0.2) is 18.6 Å². The van der Waals surface area contributed by atoms with Gasteiger partial charge in [0.25, 0.3) is 6.43 Å². The van der Waals surface area contributed by atoms with Crippen LogP contribution in [-0.4, -0.2) is 16.2 Å². The van der Waals surface area contributed by atoms with Gasteiger partial charge in [0.05, 0.1) is 16.4 Å². The number of rotatable bonds is 4. The molecule has 1 aromatic carbocycles. The Balaban J connectivity index is 2.24. The van der Waals surface area contributed by atoms with Crippen molar-refractivity contribution in [3.05, 3.63) is 41.0 Å². The molecular formula is C13H12F2N2O2S. The molecule has 0 unspecified atom stereocenters. The van der Waals surface area contributed by atoms with Crippen LogP contribution in [0.3, 0.4) is 0 Å². The number of benzene rings is 1. The van der Waals surface area contributed by atoms with Crippen molar-refractivity contribution < 1.29 is 18.7 Å². The molecule has 0 aliphatic carbocycles. The third-order valence-electron chi connectivity index (χ3n) is 2.81. The van der Waals surface area contributed by atoms with Crippen molar-refractivity contribution in [1.29, 1.82) is 0 Å². The maximum absolute atomic E-state index is 12.8. The summed E-state index contributed by atoms with van der Waals surface area (Å²) in [6, 6.07) is 6.44. The number of thiazole rings is 1. The molecule has 0 saturated heterocycles. The molecule has 1 amide bonds. The molecule has 0 saturated carbocycles. The quantitative estimate of drug-likeness (QED) is 0.894. The van der Waals surface area contributed by atoms with Gasteiger partial charge in [0.2, 0.25) is 0 Å². The summed E-state index contributed by atoms with van der Waals surface area (Å²) >= 11 is 1.16. The van der Waals surface area contributed by atoms with Crippen LogP contribution in [0.15, 0.2) is 29.8 Å². The van der Waals surface area contributed by atoms with Gasteiger partial charge >= 0.3 is 6.09 Å². The van der Waals surface area contributed by atoms with E-state index in [1.54, 1.807) is 31.2 Å². The standard InChI is InChI=1S/C13H12F2N2O2S/c1-7(17-13(18)19)8-2-4-9(5-3-8)11-10(12(14)15)16-6-20-11/h2-7,12,17H,1H3,(H,18,19)/t7-/m0/s1. The molecule has 2 rings (SSSR count). The van der Waals surface area contributed by atoms with E-state index in [0.717, 1.165) is 16.9 Å². The monoisotopic (exact) mass is 298 g/mol. The lowest BCUT2D eigenvalue weighted by Gasteiger charge is -2.12. The molecule has 2 N–H and O–H groups in total. The summed E-state index contributed by atoms with van der Waals surface area (Å²) in [4.78, 5) is 14.7. The Hall–Kier alpha value is -2.02. The number of halogens is 2. The van der Waals surface area contributed by atoms with Crippen LogP contribution in [0.4, 0.5) is 13.6 Å². The number of nitrogens with zero attached hydrogens (tertiary/aromatic N) is 1. The van der Waals surface area contributed by atoms with E-state index < -0.39 is 12.5 Å². The van der Waals surface area contributed by atoms with Gasteiger partial charge in [-0.15, -0.1) is 11.3 Å². The molecule has 0 radical (unpaired) electrons. The minimum atomic E-state index is -2.61. The predicted octanol–water partition coefficient (Wildman–Crippen LogP) is 4.08. The summed E-state index contributed by atoms with van der Waals surface area (Å²) in [7, 11) is 0. The zero-order chi connectivity index (χ0) is 14.7. The van der Waals surface area contributed by atoms with Crippen molar-refractivity contribution in [3.63, 3.8) is 0 Å². The number of hydrogen-bond donors (Lipinski definition) is 2. The molecule has 0 aliphatic rings. The highest BCUT2D eigenvalue weighted by Gasteiger charge is 2.17. The fourth-order valence-corrected chi connectivity index (χ4v) is 2.62. The summed E-state index contributed by atoms with van der Waals surface area (Å²) in [6.45, 7) is 1.71. The van der Waals surface area contributed by atoms with Gasteiger partial charge in [-0.1, -0.05) is 24.3 Å². The molecule has 7 heteroatoms. The fraction of sp³-hybridized carbons (Fsp3) is 0.231. The van der Waals surface area contributed by atoms with Crippen molar-refractivity contribution >= 4 is 17.4 Å². The van der Waals surface area contributed by atoms with E-state index >= 15 is 0 Å². The lowest BCUT2D eigenvalue weighted by Crippen LogP contribution is -2.24. The first-order chi connectivity index (χ1) is 9.49. The Morgan fingerprint density at radius 3 is 2.55 bits per heavy atom. The second kappa shape index (κ2) is 5.96. The van der Waals surface area contributed by atoms with Crippen LogP contribution in [0.2, 0.25) is 0 Å².